The van der Waals surface area contributed by atoms with Gasteiger partial charge in [-0.05, 0) is 51.9 Å². The molecule has 2 atom stereocenters. The van der Waals surface area contributed by atoms with Gasteiger partial charge in [0.1, 0.15) is 0 Å². The zero-order chi connectivity index (χ0) is 29.4. The number of nitrogens with zero attached hydrogens (tertiary/aromatic N) is 5. The molecule has 0 unspecified atom stereocenters. The highest BCUT2D eigenvalue weighted by atomic mass is 35.5. The second kappa shape index (κ2) is 11.4. The summed E-state index contributed by atoms with van der Waals surface area (Å²) in [5.41, 5.74) is -2.91. The minimum Gasteiger partial charge on any atom is -0.481 e. The number of amides is 1. The van der Waals surface area contributed by atoms with E-state index in [9.17, 15) is 37.9 Å². The fourth-order valence-corrected chi connectivity index (χ4v) is 6.23. The van der Waals surface area contributed by atoms with Crippen LogP contribution in [0.4, 0.5) is 13.2 Å². The molecule has 0 radical (unpaired) electrons. The Hall–Kier alpha value is -3.17. The molecule has 2 fully saturated rings. The van der Waals surface area contributed by atoms with E-state index in [4.69, 9.17) is 23.2 Å². The lowest BCUT2D eigenvalue weighted by molar-refractivity contribution is -0.147. The van der Waals surface area contributed by atoms with Crippen LogP contribution in [0.25, 0.3) is 0 Å². The summed E-state index contributed by atoms with van der Waals surface area (Å²) in [6.07, 6.45) is -0.204. The van der Waals surface area contributed by atoms with Crippen LogP contribution in [0.2, 0.25) is 10.0 Å². The van der Waals surface area contributed by atoms with E-state index in [1.165, 1.54) is 12.4 Å². The molecule has 1 amide bonds. The average molecular weight is 600 g/mol. The molecule has 214 valence electrons. The molecule has 0 saturated heterocycles. The van der Waals surface area contributed by atoms with Crippen molar-refractivity contribution in [2.24, 2.45) is 11.3 Å². The summed E-state index contributed by atoms with van der Waals surface area (Å²) in [4.78, 5) is 43.3. The van der Waals surface area contributed by atoms with E-state index in [1.807, 2.05) is 0 Å². The highest BCUT2D eigenvalue weighted by Crippen LogP contribution is 2.42. The summed E-state index contributed by atoms with van der Waals surface area (Å²) >= 11 is 12.2. The van der Waals surface area contributed by atoms with Crippen LogP contribution in [0.5, 0.6) is 0 Å². The summed E-state index contributed by atoms with van der Waals surface area (Å²) in [5, 5.41) is 22.6. The van der Waals surface area contributed by atoms with Gasteiger partial charge in [0.05, 0.1) is 57.4 Å². The monoisotopic (exact) mass is 599 g/mol. The Balaban J connectivity index is 1.71. The lowest BCUT2D eigenvalue weighted by Gasteiger charge is -2.30. The topological polar surface area (TPSA) is 129 Å². The largest absolute Gasteiger partial charge is 0.481 e. The molecule has 0 aromatic carbocycles. The third-order valence-electron chi connectivity index (χ3n) is 7.82. The van der Waals surface area contributed by atoms with Gasteiger partial charge in [0.2, 0.25) is 0 Å². The molecule has 2 aliphatic rings. The Morgan fingerprint density at radius 1 is 1.15 bits per heavy atom. The fraction of sp³-hybridized carbons (Fsp3) is 0.538. The molecule has 40 heavy (non-hydrogen) atoms. The highest BCUT2D eigenvalue weighted by Gasteiger charge is 2.46. The van der Waals surface area contributed by atoms with Gasteiger partial charge in [-0.15, -0.1) is 0 Å². The number of alkyl halides is 3. The van der Waals surface area contributed by atoms with E-state index in [0.717, 1.165) is 15.8 Å². The fourth-order valence-electron chi connectivity index (χ4n) is 5.66. The Morgan fingerprint density at radius 3 is 2.30 bits per heavy atom. The van der Waals surface area contributed by atoms with Crippen molar-refractivity contribution in [2.45, 2.75) is 70.1 Å². The van der Waals surface area contributed by atoms with Crippen molar-refractivity contribution in [3.8, 4) is 6.07 Å². The second-order valence-electron chi connectivity index (χ2n) is 10.6. The third kappa shape index (κ3) is 5.95. The lowest BCUT2D eigenvalue weighted by atomic mass is 9.86. The predicted molar refractivity (Wildman–Crippen MR) is 137 cm³/mol. The molecule has 0 bridgehead atoms. The Morgan fingerprint density at radius 2 is 1.77 bits per heavy atom. The number of rotatable bonds is 7. The van der Waals surface area contributed by atoms with Gasteiger partial charge in [-0.3, -0.25) is 24.0 Å². The number of halogens is 5. The van der Waals surface area contributed by atoms with Crippen LogP contribution in [-0.2, 0) is 11.0 Å². The standard InChI is InChI=1S/C26H26Cl2F3N5O4/c1-25(13-32)7-6-16(8-25)35(12-20(37)21-18(27)10-33-11-19(21)28)23(38)17-9-34-36(22(17)26(29,30)31)15-4-2-14(3-5-15)24(39)40/h9-11,14-16H,2-8,12H2,1H3,(H,39,40)/t14?,15?,16-,25-/m1/s1. The first kappa shape index (κ1) is 29.8. The van der Waals surface area contributed by atoms with Gasteiger partial charge in [0, 0.05) is 18.4 Å². The zero-order valence-corrected chi connectivity index (χ0v) is 22.9. The molecule has 4 rings (SSSR count). The number of carbonyl (C=O) groups excluding carboxylic acids is 2. The van der Waals surface area contributed by atoms with Gasteiger partial charge < -0.3 is 10.0 Å². The summed E-state index contributed by atoms with van der Waals surface area (Å²) < 4.78 is 44.1. The Labute approximate surface area is 237 Å². The number of nitriles is 1. The van der Waals surface area contributed by atoms with Crippen molar-refractivity contribution >= 4 is 40.9 Å². The third-order valence-corrected chi connectivity index (χ3v) is 8.39. The maximum absolute atomic E-state index is 14.4. The minimum absolute atomic E-state index is 0.0704. The van der Waals surface area contributed by atoms with Gasteiger partial charge in [0.25, 0.3) is 5.91 Å². The molecule has 0 spiro atoms. The maximum Gasteiger partial charge on any atom is 0.433 e. The van der Waals surface area contributed by atoms with E-state index in [2.05, 4.69) is 16.2 Å². The van der Waals surface area contributed by atoms with Crippen LogP contribution in [0.1, 0.15) is 84.3 Å². The van der Waals surface area contributed by atoms with E-state index in [-0.39, 0.29) is 47.7 Å². The minimum atomic E-state index is -4.96. The van der Waals surface area contributed by atoms with E-state index in [0.29, 0.717) is 12.8 Å². The quantitative estimate of drug-likeness (QED) is 0.396. The van der Waals surface area contributed by atoms with Gasteiger partial charge >= 0.3 is 12.1 Å². The number of Topliss-reactive ketones (excluding diaryl/α,β-unsaturated/α-hetero) is 1. The number of hydrogen-bond donors (Lipinski definition) is 1. The van der Waals surface area contributed by atoms with Crippen molar-refractivity contribution in [1.82, 2.24) is 19.7 Å². The zero-order valence-electron chi connectivity index (χ0n) is 21.4. The molecular formula is C26H26Cl2F3N5O4. The summed E-state index contributed by atoms with van der Waals surface area (Å²) in [5.74, 6) is -3.39. The molecule has 1 N–H and O–H groups in total. The number of ketones is 1. The van der Waals surface area contributed by atoms with Crippen molar-refractivity contribution in [3.05, 3.63) is 45.5 Å². The van der Waals surface area contributed by atoms with Crippen molar-refractivity contribution in [1.29, 1.82) is 5.26 Å². The van der Waals surface area contributed by atoms with Crippen LogP contribution in [-0.4, -0.2) is 55.0 Å². The van der Waals surface area contributed by atoms with E-state index >= 15 is 0 Å². The van der Waals surface area contributed by atoms with Crippen LogP contribution >= 0.6 is 23.2 Å². The first-order chi connectivity index (χ1) is 18.8. The number of carboxylic acids is 1. The average Bonchev–Trinajstić information content (AvgIpc) is 3.52. The first-order valence-corrected chi connectivity index (χ1v) is 13.4. The number of aliphatic carboxylic acids is 1. The van der Waals surface area contributed by atoms with Crippen molar-refractivity contribution < 1.29 is 32.7 Å². The summed E-state index contributed by atoms with van der Waals surface area (Å²) in [6, 6.07) is 0.748. The number of carbonyl (C=O) groups is 3. The van der Waals surface area contributed by atoms with Crippen molar-refractivity contribution in [2.75, 3.05) is 6.54 Å². The summed E-state index contributed by atoms with van der Waals surface area (Å²) in [7, 11) is 0. The molecular weight excluding hydrogens is 574 g/mol. The Kier molecular flexibility index (Phi) is 8.47. The van der Waals surface area contributed by atoms with Crippen molar-refractivity contribution in [3.63, 3.8) is 0 Å². The first-order valence-electron chi connectivity index (χ1n) is 12.7. The second-order valence-corrected chi connectivity index (χ2v) is 11.4. The van der Waals surface area contributed by atoms with Gasteiger partial charge in [-0.2, -0.15) is 23.5 Å². The summed E-state index contributed by atoms with van der Waals surface area (Å²) in [6.45, 7) is 1.07. The SMILES string of the molecule is C[C@@]1(C#N)CC[C@@H](N(CC(=O)c2c(Cl)cncc2Cl)C(=O)c2cnn(C3CCC(C(=O)O)CC3)c2C(F)(F)F)C1. The normalized spacial score (nSPS) is 24.9. The number of aromatic nitrogens is 3. The van der Waals surface area contributed by atoms with Gasteiger partial charge in [0.15, 0.2) is 11.5 Å². The van der Waals surface area contributed by atoms with E-state index in [1.54, 1.807) is 6.92 Å². The molecule has 9 nitrogen and oxygen atoms in total. The Bertz CT molecular complexity index is 1350. The number of hydrogen-bond acceptors (Lipinski definition) is 6. The molecule has 0 aliphatic heterocycles. The molecule has 2 saturated carbocycles. The van der Waals surface area contributed by atoms with Crippen LogP contribution in [0.15, 0.2) is 18.6 Å². The van der Waals surface area contributed by atoms with Crippen LogP contribution in [0, 0.1) is 22.7 Å². The maximum atomic E-state index is 14.4. The van der Waals surface area contributed by atoms with Gasteiger partial charge in [-0.1, -0.05) is 23.2 Å². The van der Waals surface area contributed by atoms with Crippen LogP contribution < -0.4 is 0 Å². The molecule has 2 aromatic rings. The molecule has 2 heterocycles. The number of pyridine rings is 1. The van der Waals surface area contributed by atoms with Gasteiger partial charge in [-0.25, -0.2) is 0 Å². The molecule has 2 aliphatic carbocycles. The van der Waals surface area contributed by atoms with E-state index < -0.39 is 65.1 Å². The highest BCUT2D eigenvalue weighted by molar-refractivity contribution is 6.39. The predicted octanol–water partition coefficient (Wildman–Crippen LogP) is 5.83. The number of carboxylic acid groups (broad SMARTS) is 1. The smallest absolute Gasteiger partial charge is 0.433 e. The molecule has 14 heteroatoms. The molecule has 2 aromatic heterocycles. The lowest BCUT2D eigenvalue weighted by Crippen LogP contribution is -2.43. The van der Waals surface area contributed by atoms with Crippen LogP contribution in [0.3, 0.4) is 0 Å².